The van der Waals surface area contributed by atoms with Crippen molar-refractivity contribution >= 4 is 5.97 Å². The van der Waals surface area contributed by atoms with Crippen molar-refractivity contribution in [1.82, 2.24) is 5.32 Å². The van der Waals surface area contributed by atoms with Crippen LogP contribution in [0.15, 0.2) is 12.1 Å². The van der Waals surface area contributed by atoms with Gasteiger partial charge in [0.25, 0.3) is 0 Å². The van der Waals surface area contributed by atoms with Gasteiger partial charge in [0.15, 0.2) is 0 Å². The highest BCUT2D eigenvalue weighted by Gasteiger charge is 2.16. The maximum Gasteiger partial charge on any atom is 0.319 e. The summed E-state index contributed by atoms with van der Waals surface area (Å²) in [4.78, 5) is 11.1. The van der Waals surface area contributed by atoms with Crippen molar-refractivity contribution < 1.29 is 9.53 Å². The molecule has 0 fully saturated rings. The van der Waals surface area contributed by atoms with Crippen LogP contribution in [0.5, 0.6) is 0 Å². The normalized spacial score (nSPS) is 11.5. The van der Waals surface area contributed by atoms with Gasteiger partial charge < -0.3 is 10.1 Å². The van der Waals surface area contributed by atoms with Crippen LogP contribution >= 0.6 is 0 Å². The fourth-order valence-electron chi connectivity index (χ4n) is 2.07. The largest absolute Gasteiger partial charge is 0.468 e. The molecular formula is C16H25NO2. The molecule has 0 aliphatic heterocycles. The molecule has 0 radical (unpaired) electrons. The number of aryl methyl sites for hydroxylation is 2. The summed E-state index contributed by atoms with van der Waals surface area (Å²) >= 11 is 0. The summed E-state index contributed by atoms with van der Waals surface area (Å²) in [6.45, 7) is 11.8. The van der Waals surface area contributed by atoms with Crippen molar-refractivity contribution in [2.75, 3.05) is 13.7 Å². The molecule has 0 aromatic heterocycles. The lowest BCUT2D eigenvalue weighted by molar-refractivity contribution is -0.139. The predicted molar refractivity (Wildman–Crippen MR) is 78.3 cm³/mol. The lowest BCUT2D eigenvalue weighted by Gasteiger charge is -2.22. The van der Waals surface area contributed by atoms with Crippen LogP contribution in [0.3, 0.4) is 0 Å². The van der Waals surface area contributed by atoms with E-state index in [9.17, 15) is 4.79 Å². The average molecular weight is 263 g/mol. The highest BCUT2D eigenvalue weighted by molar-refractivity contribution is 5.71. The van der Waals surface area contributed by atoms with Crippen LogP contribution < -0.4 is 5.32 Å². The first-order valence-corrected chi connectivity index (χ1v) is 6.64. The van der Waals surface area contributed by atoms with Crippen LogP contribution in [0.4, 0.5) is 0 Å². The van der Waals surface area contributed by atoms with Gasteiger partial charge in [0, 0.05) is 6.54 Å². The van der Waals surface area contributed by atoms with E-state index in [2.05, 4.69) is 56.8 Å². The summed E-state index contributed by atoms with van der Waals surface area (Å²) in [7, 11) is 1.40. The lowest BCUT2D eigenvalue weighted by atomic mass is 9.84. The zero-order chi connectivity index (χ0) is 14.6. The molecule has 0 bridgehead atoms. The number of nitrogens with one attached hydrogen (secondary N) is 1. The second-order valence-corrected chi connectivity index (χ2v) is 6.02. The van der Waals surface area contributed by atoms with Crippen LogP contribution in [0.1, 0.15) is 43.0 Å². The molecule has 0 aliphatic rings. The zero-order valence-electron chi connectivity index (χ0n) is 12.9. The molecule has 106 valence electrons. The molecular weight excluding hydrogens is 238 g/mol. The molecule has 19 heavy (non-hydrogen) atoms. The van der Waals surface area contributed by atoms with Gasteiger partial charge in [-0.25, -0.2) is 0 Å². The third-order valence-electron chi connectivity index (χ3n) is 3.36. The van der Waals surface area contributed by atoms with Crippen LogP contribution in [0.2, 0.25) is 0 Å². The van der Waals surface area contributed by atoms with Gasteiger partial charge >= 0.3 is 5.97 Å². The lowest BCUT2D eigenvalue weighted by Crippen LogP contribution is -2.24. The second-order valence-electron chi connectivity index (χ2n) is 6.02. The van der Waals surface area contributed by atoms with E-state index in [1.54, 1.807) is 0 Å². The first kappa shape index (κ1) is 15.7. The molecule has 1 aromatic carbocycles. The number of carbonyl (C=O) groups excluding carboxylic acids is 1. The van der Waals surface area contributed by atoms with Gasteiger partial charge in [-0.1, -0.05) is 32.9 Å². The van der Waals surface area contributed by atoms with Crippen molar-refractivity contribution in [1.29, 1.82) is 0 Å². The summed E-state index contributed by atoms with van der Waals surface area (Å²) in [5.74, 6) is -0.235. The average Bonchev–Trinajstić information content (AvgIpc) is 2.30. The summed E-state index contributed by atoms with van der Waals surface area (Å²) in [5.41, 5.74) is 5.30. The number of ether oxygens (including phenoxy) is 1. The van der Waals surface area contributed by atoms with Crippen molar-refractivity contribution in [2.24, 2.45) is 0 Å². The summed E-state index contributed by atoms with van der Waals surface area (Å²) < 4.78 is 4.61. The van der Waals surface area contributed by atoms with Crippen LogP contribution in [-0.2, 0) is 21.5 Å². The maximum atomic E-state index is 11.1. The van der Waals surface area contributed by atoms with E-state index in [1.807, 2.05) is 0 Å². The highest BCUT2D eigenvalue weighted by atomic mass is 16.5. The van der Waals surface area contributed by atoms with Crippen molar-refractivity contribution in [3.05, 3.63) is 34.4 Å². The van der Waals surface area contributed by atoms with Crippen molar-refractivity contribution in [3.8, 4) is 0 Å². The van der Waals surface area contributed by atoms with Crippen molar-refractivity contribution in [2.45, 2.75) is 46.6 Å². The van der Waals surface area contributed by atoms with Gasteiger partial charge in [-0.3, -0.25) is 4.79 Å². The van der Waals surface area contributed by atoms with E-state index >= 15 is 0 Å². The Morgan fingerprint density at radius 2 is 1.74 bits per heavy atom. The van der Waals surface area contributed by atoms with Gasteiger partial charge in [0.2, 0.25) is 0 Å². The molecule has 3 nitrogen and oxygen atoms in total. The maximum absolute atomic E-state index is 11.1. The quantitative estimate of drug-likeness (QED) is 0.849. The molecule has 0 saturated heterocycles. The van der Waals surface area contributed by atoms with E-state index in [0.29, 0.717) is 6.54 Å². The Morgan fingerprint density at radius 1 is 1.21 bits per heavy atom. The third-order valence-corrected chi connectivity index (χ3v) is 3.36. The van der Waals surface area contributed by atoms with E-state index in [1.165, 1.54) is 29.4 Å². The summed E-state index contributed by atoms with van der Waals surface area (Å²) in [6.07, 6.45) is 0. The van der Waals surface area contributed by atoms with E-state index < -0.39 is 0 Å². The Balaban J connectivity index is 2.83. The van der Waals surface area contributed by atoms with Crippen LogP contribution in [0, 0.1) is 13.8 Å². The SMILES string of the molecule is COC(=O)CNCc1c(C)cc(C(C)(C)C)cc1C. The molecule has 1 aromatic rings. The number of esters is 1. The van der Waals surface area contributed by atoms with E-state index in [-0.39, 0.29) is 17.9 Å². The monoisotopic (exact) mass is 263 g/mol. The first-order chi connectivity index (χ1) is 8.75. The predicted octanol–water partition coefficient (Wildman–Crippen LogP) is 2.86. The van der Waals surface area contributed by atoms with E-state index in [0.717, 1.165) is 0 Å². The molecule has 0 atom stereocenters. The minimum atomic E-state index is -0.235. The minimum absolute atomic E-state index is 0.160. The van der Waals surface area contributed by atoms with Gasteiger partial charge in [0.1, 0.15) is 0 Å². The number of rotatable bonds is 4. The second kappa shape index (κ2) is 6.20. The summed E-state index contributed by atoms with van der Waals surface area (Å²) in [6, 6.07) is 4.48. The highest BCUT2D eigenvalue weighted by Crippen LogP contribution is 2.26. The third kappa shape index (κ3) is 4.35. The molecule has 1 N–H and O–H groups in total. The molecule has 0 spiro atoms. The number of hydrogen-bond acceptors (Lipinski definition) is 3. The molecule has 0 heterocycles. The summed E-state index contributed by atoms with van der Waals surface area (Å²) in [5, 5.41) is 3.12. The van der Waals surface area contributed by atoms with Gasteiger partial charge in [-0.15, -0.1) is 0 Å². The van der Waals surface area contributed by atoms with Crippen molar-refractivity contribution in [3.63, 3.8) is 0 Å². The van der Waals surface area contributed by atoms with Crippen LogP contribution in [0.25, 0.3) is 0 Å². The number of hydrogen-bond donors (Lipinski definition) is 1. The number of carbonyl (C=O) groups is 1. The van der Waals surface area contributed by atoms with Gasteiger partial charge in [-0.05, 0) is 41.5 Å². The standard InChI is InChI=1S/C16H25NO2/c1-11-7-13(16(3,4)5)8-12(2)14(11)9-17-10-15(18)19-6/h7-8,17H,9-10H2,1-6H3. The molecule has 1 rings (SSSR count). The molecule has 0 aliphatic carbocycles. The Morgan fingerprint density at radius 3 is 2.16 bits per heavy atom. The first-order valence-electron chi connectivity index (χ1n) is 6.64. The topological polar surface area (TPSA) is 38.3 Å². The molecule has 0 saturated carbocycles. The number of methoxy groups -OCH3 is 1. The Hall–Kier alpha value is -1.35. The fraction of sp³-hybridized carbons (Fsp3) is 0.562. The fourth-order valence-corrected chi connectivity index (χ4v) is 2.07. The minimum Gasteiger partial charge on any atom is -0.468 e. The Bertz CT molecular complexity index is 435. The molecule has 0 amide bonds. The zero-order valence-corrected chi connectivity index (χ0v) is 12.9. The number of benzene rings is 1. The Labute approximate surface area is 116 Å². The smallest absolute Gasteiger partial charge is 0.319 e. The Kier molecular flexibility index (Phi) is 5.12. The van der Waals surface area contributed by atoms with Crippen LogP contribution in [-0.4, -0.2) is 19.6 Å². The van der Waals surface area contributed by atoms with E-state index in [4.69, 9.17) is 0 Å². The molecule has 0 unspecified atom stereocenters. The van der Waals surface area contributed by atoms with Gasteiger partial charge in [0.05, 0.1) is 13.7 Å². The molecule has 3 heteroatoms. The van der Waals surface area contributed by atoms with Gasteiger partial charge in [-0.2, -0.15) is 0 Å².